The van der Waals surface area contributed by atoms with E-state index in [2.05, 4.69) is 4.98 Å². The van der Waals surface area contributed by atoms with Crippen LogP contribution in [0, 0.1) is 13.8 Å². The fourth-order valence-electron chi connectivity index (χ4n) is 3.01. The van der Waals surface area contributed by atoms with E-state index in [0.29, 0.717) is 17.3 Å². The lowest BCUT2D eigenvalue weighted by Crippen LogP contribution is -2.48. The SMILES string of the molecule is Cc1nc(C)c(C(=O)N2CCC[C@H]3OCC[C@H]32)o1. The molecule has 1 aromatic rings. The molecule has 2 atom stereocenters. The van der Waals surface area contributed by atoms with Crippen molar-refractivity contribution < 1.29 is 13.9 Å². The number of aryl methyl sites for hydroxylation is 2. The summed E-state index contributed by atoms with van der Waals surface area (Å²) < 4.78 is 11.1. The molecule has 5 nitrogen and oxygen atoms in total. The molecule has 1 amide bonds. The van der Waals surface area contributed by atoms with E-state index >= 15 is 0 Å². The zero-order valence-corrected chi connectivity index (χ0v) is 10.8. The number of piperidine rings is 1. The minimum atomic E-state index is -0.0340. The minimum Gasteiger partial charge on any atom is -0.436 e. The van der Waals surface area contributed by atoms with Crippen molar-refractivity contribution in [3.05, 3.63) is 17.3 Å². The first kappa shape index (κ1) is 11.7. The first-order chi connectivity index (χ1) is 8.66. The van der Waals surface area contributed by atoms with Gasteiger partial charge in [0.15, 0.2) is 5.89 Å². The summed E-state index contributed by atoms with van der Waals surface area (Å²) in [5.74, 6) is 0.903. The van der Waals surface area contributed by atoms with Crippen LogP contribution in [0.4, 0.5) is 0 Å². The Morgan fingerprint density at radius 2 is 2.22 bits per heavy atom. The van der Waals surface area contributed by atoms with Crippen molar-refractivity contribution in [2.75, 3.05) is 13.2 Å². The second-order valence-electron chi connectivity index (χ2n) is 5.05. The summed E-state index contributed by atoms with van der Waals surface area (Å²) in [5.41, 5.74) is 0.679. The maximum atomic E-state index is 12.5. The Hall–Kier alpha value is -1.36. The first-order valence-corrected chi connectivity index (χ1v) is 6.53. The normalized spacial score (nSPS) is 27.3. The van der Waals surface area contributed by atoms with Crippen LogP contribution in [-0.2, 0) is 4.74 Å². The van der Waals surface area contributed by atoms with Gasteiger partial charge in [-0.25, -0.2) is 4.98 Å². The lowest BCUT2D eigenvalue weighted by Gasteiger charge is -2.36. The molecule has 0 aromatic carbocycles. The van der Waals surface area contributed by atoms with Crippen LogP contribution < -0.4 is 0 Å². The summed E-state index contributed by atoms with van der Waals surface area (Å²) in [6, 6.07) is 0.219. The maximum absolute atomic E-state index is 12.5. The molecule has 0 aliphatic carbocycles. The fraction of sp³-hybridized carbons (Fsp3) is 0.692. The van der Waals surface area contributed by atoms with Crippen LogP contribution in [0.2, 0.25) is 0 Å². The Balaban J connectivity index is 1.85. The van der Waals surface area contributed by atoms with Crippen molar-refractivity contribution in [3.63, 3.8) is 0 Å². The number of rotatable bonds is 1. The van der Waals surface area contributed by atoms with Crippen LogP contribution >= 0.6 is 0 Å². The third-order valence-corrected chi connectivity index (χ3v) is 3.82. The molecule has 2 fully saturated rings. The second kappa shape index (κ2) is 4.39. The summed E-state index contributed by atoms with van der Waals surface area (Å²) >= 11 is 0. The molecule has 98 valence electrons. The molecule has 18 heavy (non-hydrogen) atoms. The van der Waals surface area contributed by atoms with Gasteiger partial charge >= 0.3 is 0 Å². The highest BCUT2D eigenvalue weighted by Gasteiger charge is 2.39. The van der Waals surface area contributed by atoms with Crippen LogP contribution in [0.25, 0.3) is 0 Å². The Morgan fingerprint density at radius 1 is 1.39 bits per heavy atom. The molecule has 0 N–H and O–H groups in total. The molecule has 2 saturated heterocycles. The van der Waals surface area contributed by atoms with E-state index in [4.69, 9.17) is 9.15 Å². The number of carbonyl (C=O) groups excluding carboxylic acids is 1. The molecule has 0 radical (unpaired) electrons. The van der Waals surface area contributed by atoms with Crippen LogP contribution in [0.15, 0.2) is 4.42 Å². The number of likely N-dealkylation sites (tertiary alicyclic amines) is 1. The largest absolute Gasteiger partial charge is 0.436 e. The monoisotopic (exact) mass is 250 g/mol. The van der Waals surface area contributed by atoms with Crippen LogP contribution in [0.5, 0.6) is 0 Å². The average molecular weight is 250 g/mol. The van der Waals surface area contributed by atoms with Gasteiger partial charge in [-0.05, 0) is 26.2 Å². The van der Waals surface area contributed by atoms with Gasteiger partial charge in [0.1, 0.15) is 0 Å². The number of fused-ring (bicyclic) bond motifs is 1. The molecular formula is C13H18N2O3. The van der Waals surface area contributed by atoms with Gasteiger partial charge in [-0.3, -0.25) is 4.79 Å². The molecule has 1 aromatic heterocycles. The van der Waals surface area contributed by atoms with Gasteiger partial charge in [-0.2, -0.15) is 0 Å². The van der Waals surface area contributed by atoms with Gasteiger partial charge in [-0.1, -0.05) is 0 Å². The number of hydrogen-bond donors (Lipinski definition) is 0. The molecular weight excluding hydrogens is 232 g/mol. The molecule has 3 heterocycles. The van der Waals surface area contributed by atoms with Crippen molar-refractivity contribution in [2.45, 2.75) is 45.3 Å². The topological polar surface area (TPSA) is 55.6 Å². The van der Waals surface area contributed by atoms with Crippen LogP contribution in [0.1, 0.15) is 41.4 Å². The van der Waals surface area contributed by atoms with E-state index in [1.807, 2.05) is 11.8 Å². The third-order valence-electron chi connectivity index (χ3n) is 3.82. The van der Waals surface area contributed by atoms with E-state index in [-0.39, 0.29) is 18.1 Å². The number of ether oxygens (including phenoxy) is 1. The highest BCUT2D eigenvalue weighted by molar-refractivity contribution is 5.92. The zero-order valence-electron chi connectivity index (χ0n) is 10.8. The first-order valence-electron chi connectivity index (χ1n) is 6.53. The number of oxazole rings is 1. The molecule has 0 saturated carbocycles. The summed E-state index contributed by atoms with van der Waals surface area (Å²) in [5, 5.41) is 0. The fourth-order valence-corrected chi connectivity index (χ4v) is 3.01. The van der Waals surface area contributed by atoms with Crippen molar-refractivity contribution in [1.29, 1.82) is 0 Å². The van der Waals surface area contributed by atoms with Gasteiger partial charge < -0.3 is 14.1 Å². The van der Waals surface area contributed by atoms with E-state index < -0.39 is 0 Å². The van der Waals surface area contributed by atoms with Gasteiger partial charge in [0.2, 0.25) is 5.76 Å². The summed E-state index contributed by atoms with van der Waals surface area (Å²) in [6.07, 6.45) is 3.21. The number of nitrogens with zero attached hydrogens (tertiary/aromatic N) is 2. The number of amides is 1. The lowest BCUT2D eigenvalue weighted by molar-refractivity contribution is 0.0212. The quantitative estimate of drug-likeness (QED) is 0.761. The van der Waals surface area contributed by atoms with Crippen molar-refractivity contribution >= 4 is 5.91 Å². The second-order valence-corrected chi connectivity index (χ2v) is 5.05. The maximum Gasteiger partial charge on any atom is 0.291 e. The molecule has 2 aliphatic heterocycles. The van der Waals surface area contributed by atoms with Gasteiger partial charge in [0.05, 0.1) is 17.8 Å². The van der Waals surface area contributed by atoms with Gasteiger partial charge in [0.25, 0.3) is 5.91 Å². The van der Waals surface area contributed by atoms with Gasteiger partial charge in [0, 0.05) is 20.1 Å². The van der Waals surface area contributed by atoms with Gasteiger partial charge in [-0.15, -0.1) is 0 Å². The van der Waals surface area contributed by atoms with Crippen molar-refractivity contribution in [1.82, 2.24) is 9.88 Å². The molecule has 0 spiro atoms. The van der Waals surface area contributed by atoms with Crippen LogP contribution in [0.3, 0.4) is 0 Å². The minimum absolute atomic E-state index is 0.0340. The number of aromatic nitrogens is 1. The van der Waals surface area contributed by atoms with E-state index in [9.17, 15) is 4.79 Å². The molecule has 2 aliphatic rings. The van der Waals surface area contributed by atoms with E-state index in [0.717, 1.165) is 32.4 Å². The third kappa shape index (κ3) is 1.82. The standard InChI is InChI=1S/C13H18N2O3/c1-8-12(18-9(2)14-8)13(16)15-6-3-4-11-10(15)5-7-17-11/h10-11H,3-7H2,1-2H3/t10-,11-/m1/s1. The Kier molecular flexibility index (Phi) is 2.86. The Bertz CT molecular complexity index is 469. The average Bonchev–Trinajstić information content (AvgIpc) is 2.94. The number of carbonyl (C=O) groups is 1. The number of hydrogen-bond acceptors (Lipinski definition) is 4. The Morgan fingerprint density at radius 3 is 2.94 bits per heavy atom. The Labute approximate surface area is 106 Å². The lowest BCUT2D eigenvalue weighted by atomic mass is 9.98. The predicted octanol–water partition coefficient (Wildman–Crippen LogP) is 1.68. The van der Waals surface area contributed by atoms with Crippen LogP contribution in [-0.4, -0.2) is 41.1 Å². The summed E-state index contributed by atoms with van der Waals surface area (Å²) in [7, 11) is 0. The zero-order chi connectivity index (χ0) is 12.7. The molecule has 0 bridgehead atoms. The van der Waals surface area contributed by atoms with Crippen molar-refractivity contribution in [3.8, 4) is 0 Å². The predicted molar refractivity (Wildman–Crippen MR) is 64.4 cm³/mol. The highest BCUT2D eigenvalue weighted by atomic mass is 16.5. The molecule has 0 unspecified atom stereocenters. The van der Waals surface area contributed by atoms with E-state index in [1.165, 1.54) is 0 Å². The molecule has 5 heteroatoms. The van der Waals surface area contributed by atoms with E-state index in [1.54, 1.807) is 6.92 Å². The van der Waals surface area contributed by atoms with Crippen molar-refractivity contribution in [2.24, 2.45) is 0 Å². The highest BCUT2D eigenvalue weighted by Crippen LogP contribution is 2.29. The molecule has 3 rings (SSSR count). The smallest absolute Gasteiger partial charge is 0.291 e. The summed E-state index contributed by atoms with van der Waals surface area (Å²) in [4.78, 5) is 18.6. The summed E-state index contributed by atoms with van der Waals surface area (Å²) in [6.45, 7) is 5.13.